The van der Waals surface area contributed by atoms with Gasteiger partial charge in [-0.25, -0.2) is 0 Å². The Morgan fingerprint density at radius 3 is 2.66 bits per heavy atom. The number of ether oxygens (including phenoxy) is 2. The summed E-state index contributed by atoms with van der Waals surface area (Å²) in [6.45, 7) is 2.14. The van der Waals surface area contributed by atoms with E-state index in [1.807, 2.05) is 4.90 Å². The molecule has 0 atom stereocenters. The Labute approximate surface area is 185 Å². The average molecular weight is 454 g/mol. The van der Waals surface area contributed by atoms with Crippen LogP contribution in [-0.2, 0) is 15.7 Å². The summed E-state index contributed by atoms with van der Waals surface area (Å²) in [5.41, 5.74) is -0.235. The van der Waals surface area contributed by atoms with Gasteiger partial charge < -0.3 is 24.1 Å². The number of carbonyl (C=O) groups is 1. The molecule has 0 spiro atoms. The van der Waals surface area contributed by atoms with Crippen LogP contribution in [0.25, 0.3) is 11.0 Å². The van der Waals surface area contributed by atoms with E-state index in [1.165, 1.54) is 6.07 Å². The molecule has 1 aromatic heterocycles. The van der Waals surface area contributed by atoms with Gasteiger partial charge in [-0.15, -0.1) is 0 Å². The molecule has 6 nitrogen and oxygen atoms in total. The highest BCUT2D eigenvalue weighted by Gasteiger charge is 2.36. The van der Waals surface area contributed by atoms with Crippen molar-refractivity contribution in [1.82, 2.24) is 5.32 Å². The largest absolute Gasteiger partial charge is 0.449 e. The van der Waals surface area contributed by atoms with Crippen LogP contribution in [0, 0.1) is 5.92 Å². The average Bonchev–Trinajstić information content (AvgIpc) is 3.08. The highest BCUT2D eigenvalue weighted by atomic mass is 19.4. The molecule has 1 N–H and O–H groups in total. The molecule has 0 bridgehead atoms. The van der Waals surface area contributed by atoms with Gasteiger partial charge in [-0.2, -0.15) is 13.2 Å². The van der Waals surface area contributed by atoms with Gasteiger partial charge in [0.05, 0.1) is 23.5 Å². The number of hydrogen-bond donors (Lipinski definition) is 1. The molecule has 1 aliphatic heterocycles. The molecule has 0 unspecified atom stereocenters. The molecule has 4 rings (SSSR count). The molecule has 32 heavy (non-hydrogen) atoms. The number of benzene rings is 1. The van der Waals surface area contributed by atoms with Crippen molar-refractivity contribution >= 4 is 22.6 Å². The van der Waals surface area contributed by atoms with Crippen LogP contribution >= 0.6 is 0 Å². The van der Waals surface area contributed by atoms with Crippen LogP contribution in [0.5, 0.6) is 0 Å². The molecule has 1 amide bonds. The number of furan rings is 1. The molecule has 1 aliphatic carbocycles. The lowest BCUT2D eigenvalue weighted by Crippen LogP contribution is -2.41. The van der Waals surface area contributed by atoms with E-state index in [0.29, 0.717) is 43.2 Å². The molecule has 0 radical (unpaired) electrons. The van der Waals surface area contributed by atoms with Gasteiger partial charge in [-0.3, -0.25) is 4.79 Å². The molecule has 2 heterocycles. The third kappa shape index (κ3) is 4.45. The molecule has 9 heteroatoms. The summed E-state index contributed by atoms with van der Waals surface area (Å²) < 4.78 is 56.7. The Morgan fingerprint density at radius 1 is 1.25 bits per heavy atom. The Hall–Kier alpha value is -2.26. The number of halogens is 3. The smallest absolute Gasteiger partial charge is 0.416 e. The normalized spacial score (nSPS) is 24.3. The molecular weight excluding hydrogens is 425 g/mol. The summed E-state index contributed by atoms with van der Waals surface area (Å²) in [6.07, 6.45) is 0.243. The molecule has 1 fully saturated rings. The molecule has 0 saturated heterocycles. The molecule has 176 valence electrons. The second kappa shape index (κ2) is 8.94. The summed E-state index contributed by atoms with van der Waals surface area (Å²) in [7, 11) is 3.40. The Kier molecular flexibility index (Phi) is 6.40. The second-order valence-electron chi connectivity index (χ2n) is 8.78. The van der Waals surface area contributed by atoms with E-state index < -0.39 is 17.6 Å². The Morgan fingerprint density at radius 2 is 2.00 bits per heavy atom. The lowest BCUT2D eigenvalue weighted by molar-refractivity contribution is -0.137. The summed E-state index contributed by atoms with van der Waals surface area (Å²) >= 11 is 0. The zero-order chi connectivity index (χ0) is 22.9. The van der Waals surface area contributed by atoms with Crippen molar-refractivity contribution in [2.45, 2.75) is 43.9 Å². The number of nitrogens with zero attached hydrogens (tertiary/aromatic N) is 1. The van der Waals surface area contributed by atoms with Crippen molar-refractivity contribution in [2.75, 3.05) is 45.4 Å². The quantitative estimate of drug-likeness (QED) is 0.691. The SMILES string of the molecule is COC[C@]1(OC)CC[C@@H](CCN2CCNC(=O)c3oc4ccc(C(F)(F)F)cc4c32)CC1. The van der Waals surface area contributed by atoms with Gasteiger partial charge in [0.1, 0.15) is 5.58 Å². The van der Waals surface area contributed by atoms with Crippen molar-refractivity contribution in [3.8, 4) is 0 Å². The fourth-order valence-electron chi connectivity index (χ4n) is 4.95. The van der Waals surface area contributed by atoms with Crippen LogP contribution in [0.4, 0.5) is 18.9 Å². The van der Waals surface area contributed by atoms with Gasteiger partial charge in [0, 0.05) is 39.2 Å². The molecule has 2 aromatic rings. The van der Waals surface area contributed by atoms with Crippen molar-refractivity contribution in [3.05, 3.63) is 29.5 Å². The third-order valence-corrected chi connectivity index (χ3v) is 6.84. The molecule has 2 aliphatic rings. The fraction of sp³-hybridized carbons (Fsp3) is 0.609. The van der Waals surface area contributed by atoms with Gasteiger partial charge in [0.15, 0.2) is 0 Å². The molecule has 1 aromatic carbocycles. The Bertz CT molecular complexity index is 964. The van der Waals surface area contributed by atoms with E-state index in [2.05, 4.69) is 5.32 Å². The zero-order valence-corrected chi connectivity index (χ0v) is 18.4. The topological polar surface area (TPSA) is 63.9 Å². The summed E-state index contributed by atoms with van der Waals surface area (Å²) in [4.78, 5) is 14.5. The van der Waals surface area contributed by atoms with Crippen molar-refractivity contribution in [3.63, 3.8) is 0 Å². The lowest BCUT2D eigenvalue weighted by Gasteiger charge is -2.39. The highest BCUT2D eigenvalue weighted by molar-refractivity contribution is 6.07. The van der Waals surface area contributed by atoms with Gasteiger partial charge >= 0.3 is 6.18 Å². The van der Waals surface area contributed by atoms with Crippen LogP contribution in [0.15, 0.2) is 22.6 Å². The van der Waals surface area contributed by atoms with E-state index in [9.17, 15) is 18.0 Å². The van der Waals surface area contributed by atoms with Crippen LogP contribution in [0.2, 0.25) is 0 Å². The number of carbonyl (C=O) groups excluding carboxylic acids is 1. The first kappa shape index (κ1) is 22.9. The maximum atomic E-state index is 13.3. The van der Waals surface area contributed by atoms with E-state index in [0.717, 1.165) is 44.2 Å². The summed E-state index contributed by atoms with van der Waals surface area (Å²) in [6, 6.07) is 3.36. The number of fused-ring (bicyclic) bond motifs is 3. The second-order valence-corrected chi connectivity index (χ2v) is 8.78. The van der Waals surface area contributed by atoms with Crippen LogP contribution in [0.1, 0.15) is 48.2 Å². The molecular formula is C23H29F3N2O4. The number of hydrogen-bond acceptors (Lipinski definition) is 5. The number of methoxy groups -OCH3 is 2. The lowest BCUT2D eigenvalue weighted by atomic mass is 9.77. The van der Waals surface area contributed by atoms with Crippen LogP contribution < -0.4 is 10.2 Å². The minimum absolute atomic E-state index is 0.0824. The van der Waals surface area contributed by atoms with E-state index in [-0.39, 0.29) is 16.9 Å². The van der Waals surface area contributed by atoms with E-state index in [4.69, 9.17) is 13.9 Å². The van der Waals surface area contributed by atoms with Crippen molar-refractivity contribution in [1.29, 1.82) is 0 Å². The number of nitrogens with one attached hydrogen (secondary N) is 1. The predicted molar refractivity (Wildman–Crippen MR) is 114 cm³/mol. The highest BCUT2D eigenvalue weighted by Crippen LogP contribution is 2.40. The monoisotopic (exact) mass is 454 g/mol. The maximum Gasteiger partial charge on any atom is 0.416 e. The van der Waals surface area contributed by atoms with Gasteiger partial charge in [-0.05, 0) is 56.2 Å². The van der Waals surface area contributed by atoms with Crippen molar-refractivity contribution < 1.29 is 31.9 Å². The number of amides is 1. The van der Waals surface area contributed by atoms with Gasteiger partial charge in [0.2, 0.25) is 5.76 Å². The van der Waals surface area contributed by atoms with Crippen LogP contribution in [-0.4, -0.2) is 52.0 Å². The summed E-state index contributed by atoms with van der Waals surface area (Å²) in [5.74, 6) is 0.169. The van der Waals surface area contributed by atoms with Crippen LogP contribution in [0.3, 0.4) is 0 Å². The first-order valence-corrected chi connectivity index (χ1v) is 11.0. The van der Waals surface area contributed by atoms with Gasteiger partial charge in [0.25, 0.3) is 5.91 Å². The zero-order valence-electron chi connectivity index (χ0n) is 18.4. The maximum absolute atomic E-state index is 13.3. The Balaban J connectivity index is 1.54. The predicted octanol–water partition coefficient (Wildman–Crippen LogP) is 4.61. The van der Waals surface area contributed by atoms with Gasteiger partial charge in [-0.1, -0.05) is 0 Å². The standard InChI is InChI=1S/C23H29F3N2O4/c1-30-14-22(31-2)8-5-15(6-9-22)7-11-28-12-10-27-21(29)20-19(28)17-13-16(23(24,25)26)3-4-18(17)32-20/h3-4,13,15H,5-12,14H2,1-2H3,(H,27,29)/t15-,22+. The third-order valence-electron chi connectivity index (χ3n) is 6.84. The number of anilines is 1. The minimum atomic E-state index is -4.46. The summed E-state index contributed by atoms with van der Waals surface area (Å²) in [5, 5.41) is 3.11. The first-order valence-electron chi connectivity index (χ1n) is 11.0. The van der Waals surface area contributed by atoms with E-state index >= 15 is 0 Å². The van der Waals surface area contributed by atoms with E-state index in [1.54, 1.807) is 14.2 Å². The molecule has 1 saturated carbocycles. The first-order chi connectivity index (χ1) is 15.3. The number of rotatable bonds is 6. The minimum Gasteiger partial charge on any atom is -0.449 e. The van der Waals surface area contributed by atoms with Crippen molar-refractivity contribution in [2.24, 2.45) is 5.92 Å². The fourth-order valence-corrected chi connectivity index (χ4v) is 4.95. The number of alkyl halides is 3.